The van der Waals surface area contributed by atoms with Crippen molar-refractivity contribution < 1.29 is 0 Å². The van der Waals surface area contributed by atoms with Gasteiger partial charge in [-0.3, -0.25) is 0 Å². The van der Waals surface area contributed by atoms with Gasteiger partial charge in [0.25, 0.3) is 0 Å². The quantitative estimate of drug-likeness (QED) is 0.289. The molecule has 0 aliphatic heterocycles. The summed E-state index contributed by atoms with van der Waals surface area (Å²) in [5.74, 6) is 0. The Morgan fingerprint density at radius 1 is 0.875 bits per heavy atom. The van der Waals surface area contributed by atoms with Gasteiger partial charge in [0.05, 0.1) is 0 Å². The normalized spacial score (nSPS) is 14.8. The van der Waals surface area contributed by atoms with E-state index in [0.717, 1.165) is 0 Å². The molecule has 0 N–H and O–H groups in total. The van der Waals surface area contributed by atoms with Crippen LogP contribution >= 0.6 is 47.6 Å². The van der Waals surface area contributed by atoms with Crippen molar-refractivity contribution in [3.8, 4) is 0 Å². The van der Waals surface area contributed by atoms with Crippen LogP contribution in [-0.4, -0.2) is 15.2 Å². The van der Waals surface area contributed by atoms with Crippen LogP contribution in [0.2, 0.25) is 12.6 Å². The maximum absolute atomic E-state index is 3.80. The van der Waals surface area contributed by atoms with Crippen LogP contribution in [0.4, 0.5) is 0 Å². The van der Waals surface area contributed by atoms with Gasteiger partial charge >= 0.3 is 0 Å². The molecule has 0 amide bonds. The van der Waals surface area contributed by atoms with E-state index in [-0.39, 0.29) is 0 Å². The monoisotopic (exact) mass is 416 g/mol. The van der Waals surface area contributed by atoms with E-state index in [1.807, 2.05) is 0 Å². The van der Waals surface area contributed by atoms with Gasteiger partial charge in [0.1, 0.15) is 0 Å². The van der Waals surface area contributed by atoms with Gasteiger partial charge in [-0.05, 0) is 12.8 Å². The van der Waals surface area contributed by atoms with Crippen LogP contribution in [0.25, 0.3) is 0 Å². The van der Waals surface area contributed by atoms with E-state index in [1.54, 1.807) is 0 Å². The first-order valence-electron chi connectivity index (χ1n) is 6.52. The van der Waals surface area contributed by atoms with Crippen LogP contribution in [-0.2, 0) is 0 Å². The van der Waals surface area contributed by atoms with Crippen molar-refractivity contribution in [2.24, 2.45) is 0 Å². The summed E-state index contributed by atoms with van der Waals surface area (Å²) in [6.45, 7) is 4.51. The molecule has 0 radical (unpaired) electrons. The summed E-state index contributed by atoms with van der Waals surface area (Å²) in [6.07, 6.45) is 10.4. The van der Waals surface area contributed by atoms with Crippen molar-refractivity contribution in [3.63, 3.8) is 0 Å². The van der Waals surface area contributed by atoms with E-state index in [9.17, 15) is 0 Å². The first kappa shape index (κ1) is 17.5. The van der Waals surface area contributed by atoms with Gasteiger partial charge in [-0.1, -0.05) is 84.0 Å². The van der Waals surface area contributed by atoms with Gasteiger partial charge in [0.15, 0.2) is 0 Å². The molecule has 0 aliphatic carbocycles. The van der Waals surface area contributed by atoms with Crippen molar-refractivity contribution >= 4 is 53.2 Å². The second-order valence-corrected chi connectivity index (χ2v) is 8.43. The highest BCUT2D eigenvalue weighted by atomic mass is 79.9. The molecule has 0 nitrogen and oxygen atoms in total. The summed E-state index contributed by atoms with van der Waals surface area (Å²) in [7, 11) is 0. The average Bonchev–Trinajstić information content (AvgIpc) is 2.23. The average molecular weight is 419 g/mol. The number of rotatable bonds is 10. The minimum absolute atomic E-state index is 0.648. The topological polar surface area (TPSA) is 0 Å². The molecule has 4 heteroatoms. The molecule has 0 aliphatic rings. The third kappa shape index (κ3) is 10.6. The molecule has 0 saturated heterocycles. The summed E-state index contributed by atoms with van der Waals surface area (Å²) < 4.78 is 0. The third-order valence-corrected chi connectivity index (χ3v) is 5.18. The van der Waals surface area contributed by atoms with E-state index in [0.29, 0.717) is 15.2 Å². The Morgan fingerprint density at radius 2 is 1.25 bits per heavy atom. The highest BCUT2D eigenvalue weighted by Crippen LogP contribution is 2.25. The predicted octanol–water partition coefficient (Wildman–Crippen LogP) is 6.28. The Balaban J connectivity index is 3.58. The van der Waals surface area contributed by atoms with Gasteiger partial charge in [0, 0.05) is 9.65 Å². The van der Waals surface area contributed by atoms with Gasteiger partial charge in [-0.2, -0.15) is 15.8 Å². The molecule has 2 unspecified atom stereocenters. The molecule has 0 aromatic carbocycles. The van der Waals surface area contributed by atoms with Crippen LogP contribution in [0.3, 0.4) is 0 Å². The van der Waals surface area contributed by atoms with Crippen LogP contribution in [0.15, 0.2) is 0 Å². The van der Waals surface area contributed by atoms with Crippen LogP contribution in [0.5, 0.6) is 0 Å². The fourth-order valence-electron chi connectivity index (χ4n) is 1.74. The van der Waals surface area contributed by atoms with Crippen molar-refractivity contribution in [1.29, 1.82) is 0 Å². The van der Waals surface area contributed by atoms with Gasteiger partial charge in [-0.25, -0.2) is 0 Å². The Bertz CT molecular complexity index is 139. The zero-order chi connectivity index (χ0) is 12.4. The fraction of sp³-hybridized carbons (Fsp3) is 1.00. The smallest absolute Gasteiger partial charge is 0.157 e. The summed E-state index contributed by atoms with van der Waals surface area (Å²) >= 11 is 11.4. The summed E-state index contributed by atoms with van der Waals surface area (Å²) in [4.78, 5) is 1.37. The number of hydrogen-bond acceptors (Lipinski definition) is 0. The van der Waals surface area contributed by atoms with Crippen molar-refractivity contribution in [1.82, 2.24) is 0 Å². The lowest BCUT2D eigenvalue weighted by Crippen LogP contribution is -2.15. The minimum atomic E-state index is 0.648. The summed E-state index contributed by atoms with van der Waals surface area (Å²) in [6, 6.07) is 0. The summed E-state index contributed by atoms with van der Waals surface area (Å²) in [5.41, 5.74) is 0.648. The zero-order valence-corrected chi connectivity index (χ0v) is 15.3. The molecule has 0 rings (SSSR count). The number of unbranched alkanes of at least 4 members (excludes halogenated alkanes) is 2. The largest absolute Gasteiger partial charge is 0.224 e. The highest BCUT2D eigenvalue weighted by molar-refractivity contribution is 9.24. The molecule has 0 bridgehead atoms. The molecule has 16 heavy (non-hydrogen) atoms. The van der Waals surface area contributed by atoms with Gasteiger partial charge in [-0.15, -0.1) is 0 Å². The fourth-order valence-corrected chi connectivity index (χ4v) is 5.19. The first-order chi connectivity index (χ1) is 7.60. The predicted molar refractivity (Wildman–Crippen MR) is 88.8 cm³/mol. The Kier molecular flexibility index (Phi) is 12.7. The molecule has 0 aromatic rings. The van der Waals surface area contributed by atoms with Crippen LogP contribution in [0, 0.1) is 0 Å². The first-order valence-corrected chi connectivity index (χ1v) is 9.27. The van der Waals surface area contributed by atoms with E-state index < -0.39 is 0 Å². The molecular formula is C12H24BBr3. The van der Waals surface area contributed by atoms with Gasteiger partial charge in [0.2, 0.25) is 5.54 Å². The standard InChI is InChI=1S/C12H24BBr3/c1-3-5-7-11(14)9-13(16)10-12(15)8-6-4-2/h11-12H,3-10H2,1-2H3. The Labute approximate surface area is 127 Å². The Hall–Kier alpha value is 1.50. The lowest BCUT2D eigenvalue weighted by molar-refractivity contribution is 0.707. The second-order valence-electron chi connectivity index (χ2n) is 4.55. The number of alkyl halides is 2. The second kappa shape index (κ2) is 11.6. The number of hydrogen-bond donors (Lipinski definition) is 0. The molecule has 2 atom stereocenters. The van der Waals surface area contributed by atoms with E-state index in [2.05, 4.69) is 61.5 Å². The lowest BCUT2D eigenvalue weighted by Gasteiger charge is -2.15. The molecule has 0 aromatic heterocycles. The number of halogens is 3. The Morgan fingerprint density at radius 3 is 1.56 bits per heavy atom. The zero-order valence-electron chi connectivity index (χ0n) is 10.5. The molecule has 0 saturated carbocycles. The molecule has 96 valence electrons. The van der Waals surface area contributed by atoms with Crippen molar-refractivity contribution in [2.75, 3.05) is 0 Å². The molecule has 0 fully saturated rings. The van der Waals surface area contributed by atoms with Gasteiger partial charge < -0.3 is 0 Å². The van der Waals surface area contributed by atoms with Crippen LogP contribution in [0.1, 0.15) is 52.4 Å². The highest BCUT2D eigenvalue weighted by Gasteiger charge is 2.18. The summed E-state index contributed by atoms with van der Waals surface area (Å²) in [5, 5.41) is 0. The van der Waals surface area contributed by atoms with Crippen LogP contribution < -0.4 is 0 Å². The van der Waals surface area contributed by atoms with Crippen molar-refractivity contribution in [3.05, 3.63) is 0 Å². The maximum atomic E-state index is 3.80. The lowest BCUT2D eigenvalue weighted by atomic mass is 9.67. The van der Waals surface area contributed by atoms with E-state index in [1.165, 1.54) is 51.2 Å². The molecular weight excluding hydrogens is 395 g/mol. The van der Waals surface area contributed by atoms with E-state index >= 15 is 0 Å². The molecule has 0 spiro atoms. The minimum Gasteiger partial charge on any atom is -0.157 e. The maximum Gasteiger partial charge on any atom is 0.224 e. The SMILES string of the molecule is CCCCC(Br)CB(Br)CC(Br)CCCC. The van der Waals surface area contributed by atoms with E-state index in [4.69, 9.17) is 0 Å². The molecule has 0 heterocycles. The third-order valence-electron chi connectivity index (χ3n) is 2.76. The van der Waals surface area contributed by atoms with Crippen molar-refractivity contribution in [2.45, 2.75) is 74.7 Å².